The number of rotatable bonds is 7. The van der Waals surface area contributed by atoms with Crippen molar-refractivity contribution >= 4 is 23.6 Å². The van der Waals surface area contributed by atoms with Crippen LogP contribution in [0.25, 0.3) is 6.08 Å². The highest BCUT2D eigenvalue weighted by atomic mass is 16.5. The smallest absolute Gasteiger partial charge is 0.331 e. The van der Waals surface area contributed by atoms with E-state index in [1.807, 2.05) is 6.07 Å². The summed E-state index contributed by atoms with van der Waals surface area (Å²) in [6.07, 6.45) is 2.77. The average molecular weight is 341 g/mol. The summed E-state index contributed by atoms with van der Waals surface area (Å²) in [5.74, 6) is 0.183. The van der Waals surface area contributed by atoms with Gasteiger partial charge in [-0.3, -0.25) is 4.79 Å². The molecule has 0 radical (unpaired) electrons. The molecule has 2 aromatic rings. The van der Waals surface area contributed by atoms with Gasteiger partial charge in [-0.2, -0.15) is 0 Å². The van der Waals surface area contributed by atoms with E-state index in [0.717, 1.165) is 0 Å². The van der Waals surface area contributed by atoms with Crippen LogP contribution in [0.4, 0.5) is 5.69 Å². The molecular formula is C19H19NO5. The Balaban J connectivity index is 1.89. The number of nitrogens with one attached hydrogen (secondary N) is 1. The fourth-order valence-corrected chi connectivity index (χ4v) is 2.03. The Labute approximate surface area is 146 Å². The first-order chi connectivity index (χ1) is 12.1. The number of hydrogen-bond acceptors (Lipinski definition) is 5. The molecule has 6 heteroatoms. The summed E-state index contributed by atoms with van der Waals surface area (Å²) < 4.78 is 15.3. The number of para-hydroxylation sites is 1. The van der Waals surface area contributed by atoms with E-state index >= 15 is 0 Å². The number of benzene rings is 2. The van der Waals surface area contributed by atoms with Crippen molar-refractivity contribution in [3.63, 3.8) is 0 Å². The summed E-state index contributed by atoms with van der Waals surface area (Å²) in [6.45, 7) is -0.368. The molecule has 0 heterocycles. The molecule has 0 fully saturated rings. The second kappa shape index (κ2) is 9.12. The number of esters is 1. The predicted molar refractivity (Wildman–Crippen MR) is 94.6 cm³/mol. The lowest BCUT2D eigenvalue weighted by Crippen LogP contribution is -2.20. The molecule has 0 aliphatic rings. The number of amides is 1. The van der Waals surface area contributed by atoms with Crippen molar-refractivity contribution in [2.24, 2.45) is 0 Å². The quantitative estimate of drug-likeness (QED) is 0.619. The van der Waals surface area contributed by atoms with Crippen LogP contribution < -0.4 is 14.8 Å². The second-order valence-corrected chi connectivity index (χ2v) is 4.96. The van der Waals surface area contributed by atoms with Crippen molar-refractivity contribution in [1.29, 1.82) is 0 Å². The van der Waals surface area contributed by atoms with E-state index in [-0.39, 0.29) is 6.61 Å². The highest BCUT2D eigenvalue weighted by Crippen LogP contribution is 2.25. The molecule has 0 aliphatic heterocycles. The molecule has 2 rings (SSSR count). The normalized spacial score (nSPS) is 10.3. The molecule has 130 valence electrons. The van der Waals surface area contributed by atoms with Crippen LogP contribution in [0.3, 0.4) is 0 Å². The zero-order chi connectivity index (χ0) is 18.1. The van der Waals surface area contributed by atoms with E-state index in [9.17, 15) is 9.59 Å². The van der Waals surface area contributed by atoms with Gasteiger partial charge < -0.3 is 19.5 Å². The Morgan fingerprint density at radius 3 is 2.48 bits per heavy atom. The lowest BCUT2D eigenvalue weighted by atomic mass is 10.1. The van der Waals surface area contributed by atoms with Gasteiger partial charge >= 0.3 is 5.97 Å². The maximum absolute atomic E-state index is 11.8. The molecule has 0 bridgehead atoms. The van der Waals surface area contributed by atoms with Crippen LogP contribution in [0.2, 0.25) is 0 Å². The number of carbonyl (C=O) groups excluding carboxylic acids is 2. The Morgan fingerprint density at radius 2 is 1.80 bits per heavy atom. The maximum Gasteiger partial charge on any atom is 0.331 e. The van der Waals surface area contributed by atoms with E-state index in [2.05, 4.69) is 5.32 Å². The first-order valence-corrected chi connectivity index (χ1v) is 7.54. The van der Waals surface area contributed by atoms with E-state index in [1.165, 1.54) is 13.2 Å². The van der Waals surface area contributed by atoms with Crippen LogP contribution in [-0.4, -0.2) is 32.7 Å². The van der Waals surface area contributed by atoms with Gasteiger partial charge in [0.05, 0.1) is 14.2 Å². The summed E-state index contributed by atoms with van der Waals surface area (Å²) in [4.78, 5) is 23.5. The number of carbonyl (C=O) groups is 2. The summed E-state index contributed by atoms with van der Waals surface area (Å²) in [6, 6.07) is 14.1. The summed E-state index contributed by atoms with van der Waals surface area (Å²) >= 11 is 0. The van der Waals surface area contributed by atoms with Crippen molar-refractivity contribution in [2.75, 3.05) is 26.1 Å². The van der Waals surface area contributed by atoms with Gasteiger partial charge in [-0.25, -0.2) is 4.79 Å². The predicted octanol–water partition coefficient (Wildman–Crippen LogP) is 2.90. The Bertz CT molecular complexity index is 756. The first kappa shape index (κ1) is 18.1. The Morgan fingerprint density at radius 1 is 1.04 bits per heavy atom. The second-order valence-electron chi connectivity index (χ2n) is 4.96. The highest BCUT2D eigenvalue weighted by molar-refractivity contribution is 5.94. The van der Waals surface area contributed by atoms with E-state index in [0.29, 0.717) is 22.7 Å². The number of methoxy groups -OCH3 is 2. The van der Waals surface area contributed by atoms with Gasteiger partial charge in [0.25, 0.3) is 5.91 Å². The van der Waals surface area contributed by atoms with Crippen LogP contribution in [-0.2, 0) is 14.3 Å². The van der Waals surface area contributed by atoms with Crippen LogP contribution in [0.15, 0.2) is 54.6 Å². The minimum atomic E-state index is -0.631. The summed E-state index contributed by atoms with van der Waals surface area (Å²) in [5, 5.41) is 2.63. The van der Waals surface area contributed by atoms with Gasteiger partial charge in [-0.1, -0.05) is 18.2 Å². The standard InChI is InChI=1S/C19H19NO5/c1-23-16-9-10-17(24-2)14(12-16)8-11-19(22)25-13-18(21)20-15-6-4-3-5-7-15/h3-12H,13H2,1-2H3,(H,20,21)/b11-8+. The lowest BCUT2D eigenvalue weighted by molar-refractivity contribution is -0.142. The molecule has 25 heavy (non-hydrogen) atoms. The maximum atomic E-state index is 11.8. The topological polar surface area (TPSA) is 73.9 Å². The van der Waals surface area contributed by atoms with Gasteiger partial charge in [0.2, 0.25) is 0 Å². The Hall–Kier alpha value is -3.28. The monoisotopic (exact) mass is 341 g/mol. The van der Waals surface area contributed by atoms with E-state index in [1.54, 1.807) is 55.7 Å². The number of anilines is 1. The third-order valence-corrected chi connectivity index (χ3v) is 3.24. The zero-order valence-electron chi connectivity index (χ0n) is 14.0. The zero-order valence-corrected chi connectivity index (χ0v) is 14.0. The Kier molecular flexibility index (Phi) is 6.59. The molecule has 0 spiro atoms. The summed E-state index contributed by atoms with van der Waals surface area (Å²) in [5.41, 5.74) is 1.30. The van der Waals surface area contributed by atoms with Crippen molar-refractivity contribution in [3.05, 3.63) is 60.2 Å². The van der Waals surface area contributed by atoms with Crippen LogP contribution in [0.1, 0.15) is 5.56 Å². The summed E-state index contributed by atoms with van der Waals surface area (Å²) in [7, 11) is 3.08. The minimum absolute atomic E-state index is 0.368. The van der Waals surface area contributed by atoms with Gasteiger partial charge in [-0.05, 0) is 36.4 Å². The SMILES string of the molecule is COc1ccc(OC)c(/C=C/C(=O)OCC(=O)Nc2ccccc2)c1. The molecule has 0 unspecified atom stereocenters. The highest BCUT2D eigenvalue weighted by Gasteiger charge is 2.07. The first-order valence-electron chi connectivity index (χ1n) is 7.54. The fraction of sp³-hybridized carbons (Fsp3) is 0.158. The van der Waals surface area contributed by atoms with Crippen molar-refractivity contribution < 1.29 is 23.8 Å². The van der Waals surface area contributed by atoms with Gasteiger partial charge in [0, 0.05) is 17.3 Å². The molecule has 1 N–H and O–H groups in total. The van der Waals surface area contributed by atoms with E-state index < -0.39 is 11.9 Å². The molecule has 1 amide bonds. The largest absolute Gasteiger partial charge is 0.497 e. The van der Waals surface area contributed by atoms with Crippen LogP contribution >= 0.6 is 0 Å². The van der Waals surface area contributed by atoms with Crippen LogP contribution in [0.5, 0.6) is 11.5 Å². The molecule has 0 aliphatic carbocycles. The molecule has 0 saturated heterocycles. The van der Waals surface area contributed by atoms with Crippen LogP contribution in [0, 0.1) is 0 Å². The van der Waals surface area contributed by atoms with Gasteiger partial charge in [0.1, 0.15) is 11.5 Å². The minimum Gasteiger partial charge on any atom is -0.497 e. The molecule has 2 aromatic carbocycles. The molecule has 6 nitrogen and oxygen atoms in total. The molecular weight excluding hydrogens is 322 g/mol. The fourth-order valence-electron chi connectivity index (χ4n) is 2.03. The van der Waals surface area contributed by atoms with Crippen molar-refractivity contribution in [2.45, 2.75) is 0 Å². The van der Waals surface area contributed by atoms with Gasteiger partial charge in [0.15, 0.2) is 6.61 Å². The van der Waals surface area contributed by atoms with Crippen molar-refractivity contribution in [3.8, 4) is 11.5 Å². The van der Waals surface area contributed by atoms with Crippen molar-refractivity contribution in [1.82, 2.24) is 0 Å². The molecule has 0 atom stereocenters. The third kappa shape index (κ3) is 5.69. The average Bonchev–Trinajstić information content (AvgIpc) is 2.65. The lowest BCUT2D eigenvalue weighted by Gasteiger charge is -2.07. The number of hydrogen-bond donors (Lipinski definition) is 1. The number of ether oxygens (including phenoxy) is 3. The third-order valence-electron chi connectivity index (χ3n) is 3.24. The molecule has 0 saturated carbocycles. The van der Waals surface area contributed by atoms with Gasteiger partial charge in [-0.15, -0.1) is 0 Å². The molecule has 0 aromatic heterocycles. The van der Waals surface area contributed by atoms with E-state index in [4.69, 9.17) is 14.2 Å².